The van der Waals surface area contributed by atoms with Gasteiger partial charge in [0.15, 0.2) is 0 Å². The molecule has 0 spiro atoms. The summed E-state index contributed by atoms with van der Waals surface area (Å²) >= 11 is 0. The average molecular weight is 343 g/mol. The Balaban J connectivity index is 2.90. The molecule has 1 atom stereocenters. The number of unbranched alkanes of at least 4 members (excludes halogenated alkanes) is 5. The van der Waals surface area contributed by atoms with Gasteiger partial charge in [-0.15, -0.1) is 0 Å². The monoisotopic (exact) mass is 342 g/mol. The molecule has 1 unspecified atom stereocenters. The maximum atomic E-state index is 12.2. The normalized spacial score (nSPS) is 15.3. The van der Waals surface area contributed by atoms with Crippen LogP contribution in [0.15, 0.2) is 30.3 Å². The first-order chi connectivity index (χ1) is 10.7. The number of quaternary nitrogens is 1. The number of nitrogens with zero attached hydrogens (tertiary/aromatic N) is 1. The number of hydrogen-bond acceptors (Lipinski definition) is 2. The minimum absolute atomic E-state index is 0.212. The van der Waals surface area contributed by atoms with Crippen molar-refractivity contribution in [2.24, 2.45) is 0 Å². The van der Waals surface area contributed by atoms with Crippen LogP contribution in [0.4, 0.5) is 0 Å². The average Bonchev–Trinajstić information content (AvgIpc) is 2.49. The van der Waals surface area contributed by atoms with Crippen LogP contribution in [0.3, 0.4) is 0 Å². The van der Waals surface area contributed by atoms with E-state index in [1.807, 2.05) is 32.3 Å². The van der Waals surface area contributed by atoms with Crippen molar-refractivity contribution in [3.8, 4) is 0 Å². The topological polar surface area (TPSA) is 54.4 Å². The van der Waals surface area contributed by atoms with Gasteiger partial charge in [0.1, 0.15) is 0 Å². The number of rotatable bonds is 10. The van der Waals surface area contributed by atoms with Crippen LogP contribution in [0.25, 0.3) is 0 Å². The Kier molecular flexibility index (Phi) is 7.24. The van der Waals surface area contributed by atoms with Crippen molar-refractivity contribution in [1.29, 1.82) is 0 Å². The molecule has 23 heavy (non-hydrogen) atoms. The molecule has 0 aliphatic rings. The molecule has 0 aliphatic heterocycles. The highest BCUT2D eigenvalue weighted by molar-refractivity contribution is 7.86. The molecule has 0 fully saturated rings. The van der Waals surface area contributed by atoms with E-state index in [1.165, 1.54) is 25.7 Å². The summed E-state index contributed by atoms with van der Waals surface area (Å²) in [5.74, 6) is 0. The van der Waals surface area contributed by atoms with Crippen molar-refractivity contribution in [3.63, 3.8) is 0 Å². The minimum Gasteiger partial charge on any atom is -0.305 e. The molecule has 5 heteroatoms. The summed E-state index contributed by atoms with van der Waals surface area (Å²) in [6.07, 6.45) is 6.94. The maximum absolute atomic E-state index is 12.2. The minimum atomic E-state index is -4.25. The molecule has 1 rings (SSSR count). The zero-order valence-electron chi connectivity index (χ0n) is 15.0. The second-order valence-electron chi connectivity index (χ2n) is 7.00. The molecule has 1 aromatic rings. The van der Waals surface area contributed by atoms with Crippen LogP contribution in [-0.2, 0) is 15.0 Å². The molecule has 0 aliphatic carbocycles. The van der Waals surface area contributed by atoms with E-state index in [0.717, 1.165) is 12.8 Å². The first-order valence-electron chi connectivity index (χ1n) is 8.52. The largest absolute Gasteiger partial charge is 0.326 e. The van der Waals surface area contributed by atoms with E-state index in [2.05, 4.69) is 6.92 Å². The summed E-state index contributed by atoms with van der Waals surface area (Å²) in [4.78, 5) is -1.36. The Morgan fingerprint density at radius 2 is 1.52 bits per heavy atom. The van der Waals surface area contributed by atoms with E-state index in [9.17, 15) is 13.0 Å². The van der Waals surface area contributed by atoms with Crippen LogP contribution in [0.5, 0.6) is 0 Å². The third-order valence-electron chi connectivity index (χ3n) is 5.04. The van der Waals surface area contributed by atoms with Crippen LogP contribution in [0.2, 0.25) is 0 Å². The molecule has 0 aromatic heterocycles. The van der Waals surface area contributed by atoms with Crippen molar-refractivity contribution >= 4 is 10.1 Å². The Hall–Kier alpha value is -0.910. The van der Waals surface area contributed by atoms with Gasteiger partial charge in [-0.3, -0.25) is 4.55 Å². The van der Waals surface area contributed by atoms with Gasteiger partial charge in [-0.05, 0) is 12.8 Å². The molecule has 1 N–H and O–H groups in total. The molecule has 0 bridgehead atoms. The van der Waals surface area contributed by atoms with Gasteiger partial charge in [0.2, 0.25) is 4.87 Å². The van der Waals surface area contributed by atoms with Gasteiger partial charge >= 0.3 is 10.1 Å². The van der Waals surface area contributed by atoms with Crippen molar-refractivity contribution < 1.29 is 17.5 Å². The highest BCUT2D eigenvalue weighted by Crippen LogP contribution is 2.37. The lowest BCUT2D eigenvalue weighted by atomic mass is 10.0. The standard InChI is InChI=1S/C18H31NO3S/c1-5-6-7-8-9-13-16-19(3,4)18(2,23(20,21)22)17-14-11-10-12-15-17/h10-12,14-15H,5-9,13,16H2,1-4H3/p+1. The van der Waals surface area contributed by atoms with Crippen LogP contribution >= 0.6 is 0 Å². The summed E-state index contributed by atoms with van der Waals surface area (Å²) < 4.78 is 34.6. The van der Waals surface area contributed by atoms with Crippen molar-refractivity contribution in [1.82, 2.24) is 0 Å². The molecule has 0 radical (unpaired) electrons. The molecule has 0 saturated carbocycles. The summed E-state index contributed by atoms with van der Waals surface area (Å²) in [6, 6.07) is 9.01. The van der Waals surface area contributed by atoms with E-state index in [1.54, 1.807) is 19.1 Å². The van der Waals surface area contributed by atoms with Gasteiger partial charge in [0.05, 0.1) is 20.6 Å². The van der Waals surface area contributed by atoms with Crippen LogP contribution in [0.1, 0.15) is 57.9 Å². The maximum Gasteiger partial charge on any atom is 0.326 e. The zero-order valence-corrected chi connectivity index (χ0v) is 15.8. The summed E-state index contributed by atoms with van der Waals surface area (Å²) in [7, 11) is -0.491. The highest BCUT2D eigenvalue weighted by atomic mass is 32.2. The summed E-state index contributed by atoms with van der Waals surface area (Å²) in [5, 5.41) is 0. The van der Waals surface area contributed by atoms with Gasteiger partial charge in [0.25, 0.3) is 0 Å². The van der Waals surface area contributed by atoms with Crippen LogP contribution < -0.4 is 0 Å². The van der Waals surface area contributed by atoms with Crippen LogP contribution in [-0.4, -0.2) is 38.1 Å². The lowest BCUT2D eigenvalue weighted by Crippen LogP contribution is -2.60. The van der Waals surface area contributed by atoms with E-state index < -0.39 is 15.0 Å². The molecule has 0 saturated heterocycles. The molecule has 0 amide bonds. The number of benzene rings is 1. The first kappa shape index (κ1) is 20.1. The van der Waals surface area contributed by atoms with E-state index >= 15 is 0 Å². The molecular weight excluding hydrogens is 310 g/mol. The molecule has 4 nitrogen and oxygen atoms in total. The smallest absolute Gasteiger partial charge is 0.305 e. The van der Waals surface area contributed by atoms with Crippen molar-refractivity contribution in [2.45, 2.75) is 57.2 Å². The van der Waals surface area contributed by atoms with Gasteiger partial charge in [-0.25, -0.2) is 0 Å². The highest BCUT2D eigenvalue weighted by Gasteiger charge is 2.53. The second-order valence-corrected chi connectivity index (χ2v) is 8.75. The van der Waals surface area contributed by atoms with Crippen LogP contribution in [0, 0.1) is 0 Å². The van der Waals surface area contributed by atoms with Gasteiger partial charge in [-0.2, -0.15) is 8.42 Å². The SMILES string of the molecule is CCCCCCCC[N+](C)(C)C(C)(c1ccccc1)S(=O)(=O)O. The fraction of sp³-hybridized carbons (Fsp3) is 0.667. The van der Waals surface area contributed by atoms with Gasteiger partial charge < -0.3 is 4.48 Å². The summed E-state index contributed by atoms with van der Waals surface area (Å²) in [5.41, 5.74) is 0.624. The first-order valence-corrected chi connectivity index (χ1v) is 9.96. The summed E-state index contributed by atoms with van der Waals surface area (Å²) in [6.45, 7) is 4.52. The third-order valence-corrected chi connectivity index (χ3v) is 6.77. The Morgan fingerprint density at radius 3 is 2.04 bits per heavy atom. The Labute approximate surface area is 141 Å². The Bertz CT molecular complexity index is 569. The fourth-order valence-electron chi connectivity index (χ4n) is 3.06. The van der Waals surface area contributed by atoms with E-state index in [-0.39, 0.29) is 4.48 Å². The zero-order chi connectivity index (χ0) is 17.6. The van der Waals surface area contributed by atoms with E-state index in [0.29, 0.717) is 12.1 Å². The van der Waals surface area contributed by atoms with E-state index in [4.69, 9.17) is 0 Å². The Morgan fingerprint density at radius 1 is 1.00 bits per heavy atom. The number of hydrogen-bond donors (Lipinski definition) is 1. The lowest BCUT2D eigenvalue weighted by Gasteiger charge is -2.44. The predicted octanol–water partition coefficient (Wildman–Crippen LogP) is 4.18. The molecular formula is C18H32NO3S+. The third kappa shape index (κ3) is 4.78. The predicted molar refractivity (Wildman–Crippen MR) is 95.7 cm³/mol. The van der Waals surface area contributed by atoms with Crippen molar-refractivity contribution in [2.75, 3.05) is 20.6 Å². The van der Waals surface area contributed by atoms with Crippen molar-refractivity contribution in [3.05, 3.63) is 35.9 Å². The quantitative estimate of drug-likeness (QED) is 0.394. The van der Waals surface area contributed by atoms with Gasteiger partial charge in [-0.1, -0.05) is 62.9 Å². The second kappa shape index (κ2) is 8.27. The molecule has 0 heterocycles. The molecule has 1 aromatic carbocycles. The van der Waals surface area contributed by atoms with Gasteiger partial charge in [0, 0.05) is 12.5 Å². The fourth-order valence-corrected chi connectivity index (χ4v) is 4.21. The molecule has 132 valence electrons. The lowest BCUT2D eigenvalue weighted by molar-refractivity contribution is -0.931.